The quantitative estimate of drug-likeness (QED) is 0.288. The molecule has 2 unspecified atom stereocenters. The van der Waals surface area contributed by atoms with Crippen LogP contribution in [0.4, 0.5) is 17.6 Å². The van der Waals surface area contributed by atoms with Crippen molar-refractivity contribution < 1.29 is 27.5 Å². The average Bonchev–Trinajstić information content (AvgIpc) is 3.32. The molecule has 1 N–H and O–H groups in total. The Bertz CT molecular complexity index is 1480. The molecule has 0 radical (unpaired) electrons. The zero-order valence-electron chi connectivity index (χ0n) is 20.2. The van der Waals surface area contributed by atoms with Gasteiger partial charge in [0.15, 0.2) is 11.9 Å². The zero-order chi connectivity index (χ0) is 27.0. The molecular weight excluding hydrogens is 518 g/mol. The molecule has 2 aromatic carbocycles. The summed E-state index contributed by atoms with van der Waals surface area (Å²) in [5.41, 5.74) is 3.46. The van der Waals surface area contributed by atoms with Gasteiger partial charge in [0.05, 0.1) is 6.20 Å². The molecule has 5 rings (SSSR count). The molecule has 1 aliphatic rings. The Morgan fingerprint density at radius 2 is 1.92 bits per heavy atom. The van der Waals surface area contributed by atoms with Gasteiger partial charge in [-0.3, -0.25) is 14.5 Å². The van der Waals surface area contributed by atoms with Crippen LogP contribution in [-0.4, -0.2) is 31.8 Å². The van der Waals surface area contributed by atoms with Crippen molar-refractivity contribution in [2.75, 3.05) is 0 Å². The van der Waals surface area contributed by atoms with Crippen LogP contribution in [0.3, 0.4) is 0 Å². The zero-order valence-corrected chi connectivity index (χ0v) is 21.1. The van der Waals surface area contributed by atoms with Crippen molar-refractivity contribution in [2.24, 2.45) is 13.0 Å². The summed E-state index contributed by atoms with van der Waals surface area (Å²) >= 11 is 0.988. The van der Waals surface area contributed by atoms with E-state index < -0.39 is 23.7 Å². The number of nitrogens with zero attached hydrogens (tertiary/aromatic N) is 3. The molecule has 0 amide bonds. The first-order valence-corrected chi connectivity index (χ1v) is 12.7. The molecule has 2 aromatic heterocycles. The fourth-order valence-corrected chi connectivity index (χ4v) is 5.64. The predicted molar refractivity (Wildman–Crippen MR) is 134 cm³/mol. The van der Waals surface area contributed by atoms with Crippen LogP contribution < -0.4 is 0 Å². The SMILES string of the molecule is Cn1cc(-c2ccc(CC3CCc4cccc(Sc5ccc(C(O)C(F)(F)F)cc5F)c4C3=O)nc2)cn1. The van der Waals surface area contributed by atoms with Gasteiger partial charge in [0.1, 0.15) is 5.82 Å². The highest BCUT2D eigenvalue weighted by molar-refractivity contribution is 7.99. The number of pyridine rings is 1. The molecule has 196 valence electrons. The molecule has 5 nitrogen and oxygen atoms in total. The Balaban J connectivity index is 1.35. The number of halogens is 4. The Labute approximate surface area is 220 Å². The van der Waals surface area contributed by atoms with Gasteiger partial charge in [0, 0.05) is 57.5 Å². The van der Waals surface area contributed by atoms with Gasteiger partial charge in [-0.05, 0) is 54.7 Å². The van der Waals surface area contributed by atoms with Gasteiger partial charge in [-0.25, -0.2) is 4.39 Å². The summed E-state index contributed by atoms with van der Waals surface area (Å²) in [4.78, 5) is 18.7. The van der Waals surface area contributed by atoms with Crippen LogP contribution in [0.5, 0.6) is 0 Å². The first kappa shape index (κ1) is 26.1. The summed E-state index contributed by atoms with van der Waals surface area (Å²) in [6, 6.07) is 12.1. The molecule has 0 spiro atoms. The van der Waals surface area contributed by atoms with Gasteiger partial charge in [-0.1, -0.05) is 36.0 Å². The molecule has 1 aliphatic carbocycles. The number of ketones is 1. The normalized spacial score (nSPS) is 16.4. The monoisotopic (exact) mass is 541 g/mol. The molecule has 0 bridgehead atoms. The van der Waals surface area contributed by atoms with E-state index in [4.69, 9.17) is 0 Å². The molecule has 0 fully saturated rings. The number of aryl methyl sites for hydroxylation is 2. The van der Waals surface area contributed by atoms with Gasteiger partial charge in [-0.2, -0.15) is 18.3 Å². The van der Waals surface area contributed by atoms with Crippen molar-refractivity contribution in [2.45, 2.75) is 41.3 Å². The lowest BCUT2D eigenvalue weighted by Gasteiger charge is -2.25. The number of alkyl halides is 3. The Morgan fingerprint density at radius 1 is 1.11 bits per heavy atom. The number of Topliss-reactive ketones (excluding diaryl/α,β-unsaturated/α-hetero) is 1. The summed E-state index contributed by atoms with van der Waals surface area (Å²) in [5.74, 6) is -1.25. The molecular formula is C28H23F4N3O2S. The van der Waals surface area contributed by atoms with Crippen molar-refractivity contribution in [3.63, 3.8) is 0 Å². The van der Waals surface area contributed by atoms with Gasteiger partial charge in [-0.15, -0.1) is 0 Å². The summed E-state index contributed by atoms with van der Waals surface area (Å²) < 4.78 is 54.9. The van der Waals surface area contributed by atoms with Gasteiger partial charge >= 0.3 is 6.18 Å². The van der Waals surface area contributed by atoms with Crippen LogP contribution in [0.1, 0.15) is 39.7 Å². The predicted octanol–water partition coefficient (Wildman–Crippen LogP) is 6.36. The number of fused-ring (bicyclic) bond motifs is 1. The highest BCUT2D eigenvalue weighted by atomic mass is 32.2. The molecule has 0 saturated carbocycles. The van der Waals surface area contributed by atoms with Crippen molar-refractivity contribution in [1.82, 2.24) is 14.8 Å². The Hall–Kier alpha value is -3.50. The summed E-state index contributed by atoms with van der Waals surface area (Å²) in [6.07, 6.45) is -0.458. The fraction of sp³-hybridized carbons (Fsp3) is 0.250. The van der Waals surface area contributed by atoms with Gasteiger partial charge in [0.2, 0.25) is 0 Å². The van der Waals surface area contributed by atoms with E-state index >= 15 is 0 Å². The number of aromatic nitrogens is 3. The third kappa shape index (κ3) is 5.37. The smallest absolute Gasteiger partial charge is 0.379 e. The van der Waals surface area contributed by atoms with Crippen molar-refractivity contribution in [3.05, 3.63) is 95.3 Å². The first-order chi connectivity index (χ1) is 18.1. The van der Waals surface area contributed by atoms with E-state index in [9.17, 15) is 27.5 Å². The number of aliphatic hydroxyl groups is 1. The van der Waals surface area contributed by atoms with Crippen LogP contribution in [0, 0.1) is 11.7 Å². The van der Waals surface area contributed by atoms with E-state index in [1.165, 1.54) is 6.07 Å². The maximum atomic E-state index is 14.7. The largest absolute Gasteiger partial charge is 0.418 e. The highest BCUT2D eigenvalue weighted by Gasteiger charge is 2.39. The summed E-state index contributed by atoms with van der Waals surface area (Å²) in [5, 5.41) is 13.6. The number of rotatable bonds is 6. The summed E-state index contributed by atoms with van der Waals surface area (Å²) in [6.45, 7) is 0. The molecule has 0 saturated heterocycles. The van der Waals surface area contributed by atoms with E-state index in [0.717, 1.165) is 40.2 Å². The van der Waals surface area contributed by atoms with E-state index in [-0.39, 0.29) is 16.6 Å². The lowest BCUT2D eigenvalue weighted by atomic mass is 9.80. The molecule has 10 heteroatoms. The number of aliphatic hydroxyl groups excluding tert-OH is 1. The summed E-state index contributed by atoms with van der Waals surface area (Å²) in [7, 11) is 1.84. The Morgan fingerprint density at radius 3 is 2.58 bits per heavy atom. The van der Waals surface area contributed by atoms with Crippen molar-refractivity contribution in [3.8, 4) is 11.1 Å². The average molecular weight is 542 g/mol. The number of carbonyl (C=O) groups is 1. The van der Waals surface area contributed by atoms with Crippen LogP contribution in [0.2, 0.25) is 0 Å². The fourth-order valence-electron chi connectivity index (χ4n) is 4.63. The number of hydrogen-bond donors (Lipinski definition) is 1. The van der Waals surface area contributed by atoms with Gasteiger partial charge in [0.25, 0.3) is 0 Å². The maximum Gasteiger partial charge on any atom is 0.418 e. The van der Waals surface area contributed by atoms with E-state index in [0.29, 0.717) is 35.8 Å². The first-order valence-electron chi connectivity index (χ1n) is 11.9. The lowest BCUT2D eigenvalue weighted by molar-refractivity contribution is -0.206. The third-order valence-electron chi connectivity index (χ3n) is 6.61. The van der Waals surface area contributed by atoms with Crippen LogP contribution in [-0.2, 0) is 19.9 Å². The molecule has 0 aliphatic heterocycles. The minimum Gasteiger partial charge on any atom is -0.379 e. The lowest BCUT2D eigenvalue weighted by Crippen LogP contribution is -2.25. The molecule has 4 aromatic rings. The minimum absolute atomic E-state index is 0.0583. The van der Waals surface area contributed by atoms with Crippen molar-refractivity contribution >= 4 is 17.5 Å². The van der Waals surface area contributed by atoms with E-state index in [1.54, 1.807) is 29.2 Å². The van der Waals surface area contributed by atoms with Crippen LogP contribution in [0.25, 0.3) is 11.1 Å². The second-order valence-electron chi connectivity index (χ2n) is 9.27. The van der Waals surface area contributed by atoms with E-state index in [2.05, 4.69) is 10.1 Å². The van der Waals surface area contributed by atoms with Crippen LogP contribution >= 0.6 is 11.8 Å². The Kier molecular flexibility index (Phi) is 7.11. The molecule has 2 atom stereocenters. The second kappa shape index (κ2) is 10.3. The molecule has 38 heavy (non-hydrogen) atoms. The van der Waals surface area contributed by atoms with Crippen molar-refractivity contribution in [1.29, 1.82) is 0 Å². The topological polar surface area (TPSA) is 68.0 Å². The minimum atomic E-state index is -4.89. The number of hydrogen-bond acceptors (Lipinski definition) is 5. The number of carbonyl (C=O) groups excluding carboxylic acids is 1. The maximum absolute atomic E-state index is 14.7. The third-order valence-corrected chi connectivity index (χ3v) is 7.72. The van der Waals surface area contributed by atoms with Crippen LogP contribution in [0.15, 0.2) is 76.9 Å². The second-order valence-corrected chi connectivity index (χ2v) is 10.4. The highest BCUT2D eigenvalue weighted by Crippen LogP contribution is 2.40. The standard InChI is InChI=1S/C28H23F4N3O2S/c1-35-15-20(14-34-35)19-7-9-21(33-13-19)11-17-6-5-16-3-2-4-24(25(16)26(17)36)38-23-10-8-18(12-22(23)29)27(37)28(30,31)32/h2-4,7-10,12-15,17,27,37H,5-6,11H2,1H3. The van der Waals surface area contributed by atoms with Gasteiger partial charge < -0.3 is 5.11 Å². The molecule has 2 heterocycles. The van der Waals surface area contributed by atoms with E-state index in [1.807, 2.05) is 31.4 Å². The number of benzene rings is 2.